The number of rotatable bonds is 6. The summed E-state index contributed by atoms with van der Waals surface area (Å²) in [5, 5.41) is 7.53. The molecule has 144 valence electrons. The highest BCUT2D eigenvalue weighted by atomic mass is 127. The quantitative estimate of drug-likeness (QED) is 0.356. The Morgan fingerprint density at radius 3 is 2.54 bits per heavy atom. The summed E-state index contributed by atoms with van der Waals surface area (Å²) in [6.45, 7) is 7.71. The summed E-state index contributed by atoms with van der Waals surface area (Å²) < 4.78 is 23.4. The van der Waals surface area contributed by atoms with Crippen LogP contribution in [0.25, 0.3) is 0 Å². The number of sulfone groups is 1. The summed E-state index contributed by atoms with van der Waals surface area (Å²) in [5.74, 6) is 0.721. The van der Waals surface area contributed by atoms with Crippen LogP contribution in [0.1, 0.15) is 27.9 Å². The maximum Gasteiger partial charge on any atom is 0.191 e. The predicted molar refractivity (Wildman–Crippen MR) is 118 cm³/mol. The fourth-order valence-corrected chi connectivity index (χ4v) is 4.09. The highest BCUT2D eigenvalue weighted by molar-refractivity contribution is 14.0. The zero-order valence-corrected chi connectivity index (χ0v) is 19.3. The van der Waals surface area contributed by atoms with Crippen LogP contribution >= 0.6 is 35.3 Å². The standard InChI is InChI=1S/C17H24N4O2S2.HI/c1-5-18-17(21-11-15-10-19-13(3)24-15)20-9-14-6-7-16(12(2)8-14)25(4,22)23;/h6-8,10H,5,9,11H2,1-4H3,(H2,18,20,21);1H. The smallest absolute Gasteiger partial charge is 0.191 e. The molecule has 1 heterocycles. The molecule has 1 aromatic heterocycles. The van der Waals surface area contributed by atoms with Crippen LogP contribution < -0.4 is 10.6 Å². The molecule has 0 aliphatic carbocycles. The largest absolute Gasteiger partial charge is 0.357 e. The van der Waals surface area contributed by atoms with Crippen molar-refractivity contribution in [2.45, 2.75) is 38.8 Å². The topological polar surface area (TPSA) is 83.5 Å². The van der Waals surface area contributed by atoms with Crippen molar-refractivity contribution in [3.05, 3.63) is 45.4 Å². The van der Waals surface area contributed by atoms with Crippen LogP contribution in [-0.4, -0.2) is 32.2 Å². The number of aryl methyl sites for hydroxylation is 2. The van der Waals surface area contributed by atoms with Gasteiger partial charge in [0.1, 0.15) is 0 Å². The Balaban J connectivity index is 0.00000338. The molecular weight excluding hydrogens is 483 g/mol. The van der Waals surface area contributed by atoms with E-state index >= 15 is 0 Å². The minimum Gasteiger partial charge on any atom is -0.357 e. The minimum atomic E-state index is -3.19. The minimum absolute atomic E-state index is 0. The normalized spacial score (nSPS) is 11.8. The molecule has 26 heavy (non-hydrogen) atoms. The van der Waals surface area contributed by atoms with Gasteiger partial charge >= 0.3 is 0 Å². The number of aliphatic imine (C=N–C) groups is 1. The van der Waals surface area contributed by atoms with E-state index in [1.165, 1.54) is 6.26 Å². The number of benzene rings is 1. The molecule has 1 aromatic carbocycles. The van der Waals surface area contributed by atoms with Crippen molar-refractivity contribution in [3.8, 4) is 0 Å². The van der Waals surface area contributed by atoms with Crippen LogP contribution in [0.2, 0.25) is 0 Å². The first-order valence-corrected chi connectivity index (χ1v) is 10.7. The molecule has 0 spiro atoms. The first kappa shape index (κ1) is 22.8. The lowest BCUT2D eigenvalue weighted by Gasteiger charge is -2.11. The van der Waals surface area contributed by atoms with Crippen LogP contribution in [0.3, 0.4) is 0 Å². The highest BCUT2D eigenvalue weighted by Crippen LogP contribution is 2.17. The van der Waals surface area contributed by atoms with Gasteiger partial charge < -0.3 is 10.6 Å². The van der Waals surface area contributed by atoms with Gasteiger partial charge in [-0.3, -0.25) is 0 Å². The van der Waals surface area contributed by atoms with Gasteiger partial charge in [-0.25, -0.2) is 18.4 Å². The number of nitrogens with zero attached hydrogens (tertiary/aromatic N) is 2. The maximum atomic E-state index is 11.7. The number of hydrogen-bond acceptors (Lipinski definition) is 5. The number of guanidine groups is 1. The molecular formula is C17H25IN4O2S2. The van der Waals surface area contributed by atoms with Gasteiger partial charge in [-0.05, 0) is 38.0 Å². The molecule has 0 bridgehead atoms. The first-order valence-electron chi connectivity index (χ1n) is 8.02. The second-order valence-electron chi connectivity index (χ2n) is 5.77. The van der Waals surface area contributed by atoms with Crippen molar-refractivity contribution in [2.24, 2.45) is 4.99 Å². The molecule has 0 unspecified atom stereocenters. The molecule has 9 heteroatoms. The van der Waals surface area contributed by atoms with E-state index in [1.54, 1.807) is 24.3 Å². The van der Waals surface area contributed by atoms with Crippen molar-refractivity contribution in [3.63, 3.8) is 0 Å². The van der Waals surface area contributed by atoms with Crippen molar-refractivity contribution >= 4 is 51.1 Å². The van der Waals surface area contributed by atoms with E-state index in [0.29, 0.717) is 18.0 Å². The van der Waals surface area contributed by atoms with E-state index in [1.807, 2.05) is 32.2 Å². The number of halogens is 1. The Bertz CT molecular complexity index is 863. The van der Waals surface area contributed by atoms with E-state index in [2.05, 4.69) is 20.6 Å². The molecule has 0 amide bonds. The van der Waals surface area contributed by atoms with Crippen LogP contribution in [0.15, 0.2) is 34.3 Å². The Labute approximate surface area is 176 Å². The summed E-state index contributed by atoms with van der Waals surface area (Å²) in [6.07, 6.45) is 3.09. The third kappa shape index (κ3) is 6.84. The van der Waals surface area contributed by atoms with Gasteiger partial charge in [-0.1, -0.05) is 12.1 Å². The molecule has 0 fully saturated rings. The molecule has 0 saturated heterocycles. The molecule has 2 N–H and O–H groups in total. The van der Waals surface area contributed by atoms with Crippen LogP contribution in [-0.2, 0) is 22.9 Å². The first-order chi connectivity index (χ1) is 11.8. The van der Waals surface area contributed by atoms with Crippen LogP contribution in [0, 0.1) is 13.8 Å². The number of hydrogen-bond donors (Lipinski definition) is 2. The van der Waals surface area contributed by atoms with E-state index in [4.69, 9.17) is 0 Å². The molecule has 2 aromatic rings. The highest BCUT2D eigenvalue weighted by Gasteiger charge is 2.10. The van der Waals surface area contributed by atoms with Crippen molar-refractivity contribution in [2.75, 3.05) is 12.8 Å². The Morgan fingerprint density at radius 1 is 1.27 bits per heavy atom. The average Bonchev–Trinajstić information content (AvgIpc) is 2.94. The number of nitrogens with one attached hydrogen (secondary N) is 2. The molecule has 0 aliphatic rings. The fourth-order valence-electron chi connectivity index (χ4n) is 2.40. The van der Waals surface area contributed by atoms with Crippen LogP contribution in [0.5, 0.6) is 0 Å². The second kappa shape index (κ2) is 10.2. The summed E-state index contributed by atoms with van der Waals surface area (Å²) in [4.78, 5) is 10.3. The predicted octanol–water partition coefficient (Wildman–Crippen LogP) is 3.04. The SMILES string of the molecule is CCNC(=NCc1ccc(S(C)(=O)=O)c(C)c1)NCc1cnc(C)s1.I. The van der Waals surface area contributed by atoms with Gasteiger partial charge in [-0.2, -0.15) is 0 Å². The van der Waals surface area contributed by atoms with Gasteiger partial charge in [0, 0.05) is 23.9 Å². The molecule has 6 nitrogen and oxygen atoms in total. The van der Waals surface area contributed by atoms with Crippen LogP contribution in [0.4, 0.5) is 0 Å². The monoisotopic (exact) mass is 508 g/mol. The van der Waals surface area contributed by atoms with E-state index in [0.717, 1.165) is 33.5 Å². The van der Waals surface area contributed by atoms with Crippen molar-refractivity contribution in [1.82, 2.24) is 15.6 Å². The Hall–Kier alpha value is -1.20. The molecule has 0 radical (unpaired) electrons. The lowest BCUT2D eigenvalue weighted by molar-refractivity contribution is 0.601. The molecule has 2 rings (SSSR count). The molecule has 0 saturated carbocycles. The van der Waals surface area contributed by atoms with Crippen molar-refractivity contribution < 1.29 is 8.42 Å². The van der Waals surface area contributed by atoms with Gasteiger partial charge in [-0.15, -0.1) is 35.3 Å². The molecule has 0 atom stereocenters. The Morgan fingerprint density at radius 2 is 2.00 bits per heavy atom. The van der Waals surface area contributed by atoms with E-state index in [9.17, 15) is 8.42 Å². The fraction of sp³-hybridized carbons (Fsp3) is 0.412. The lowest BCUT2D eigenvalue weighted by atomic mass is 10.1. The zero-order valence-electron chi connectivity index (χ0n) is 15.4. The molecule has 0 aliphatic heterocycles. The lowest BCUT2D eigenvalue weighted by Crippen LogP contribution is -2.36. The zero-order chi connectivity index (χ0) is 18.4. The van der Waals surface area contributed by atoms with E-state index in [-0.39, 0.29) is 24.0 Å². The number of thiazole rings is 1. The van der Waals surface area contributed by atoms with Crippen molar-refractivity contribution in [1.29, 1.82) is 0 Å². The summed E-state index contributed by atoms with van der Waals surface area (Å²) in [6, 6.07) is 5.33. The van der Waals surface area contributed by atoms with Gasteiger partial charge in [0.05, 0.1) is 23.0 Å². The number of aromatic nitrogens is 1. The third-order valence-electron chi connectivity index (χ3n) is 3.50. The Kier molecular flexibility index (Phi) is 8.97. The average molecular weight is 508 g/mol. The summed E-state index contributed by atoms with van der Waals surface area (Å²) in [5.41, 5.74) is 1.71. The van der Waals surface area contributed by atoms with Gasteiger partial charge in [0.2, 0.25) is 0 Å². The van der Waals surface area contributed by atoms with Gasteiger partial charge in [0.25, 0.3) is 0 Å². The van der Waals surface area contributed by atoms with E-state index < -0.39 is 9.84 Å². The maximum absolute atomic E-state index is 11.7. The summed E-state index contributed by atoms with van der Waals surface area (Å²) in [7, 11) is -3.19. The third-order valence-corrected chi connectivity index (χ3v) is 5.67. The second-order valence-corrected chi connectivity index (χ2v) is 9.07. The van der Waals surface area contributed by atoms with Gasteiger partial charge in [0.15, 0.2) is 15.8 Å². The summed E-state index contributed by atoms with van der Waals surface area (Å²) >= 11 is 1.65.